The molecule has 22 heavy (non-hydrogen) atoms. The van der Waals surface area contributed by atoms with Gasteiger partial charge in [0.25, 0.3) is 5.91 Å². The monoisotopic (exact) mass is 298 g/mol. The number of nitrogens with zero attached hydrogens (tertiary/aromatic N) is 2. The molecule has 0 unspecified atom stereocenters. The van der Waals surface area contributed by atoms with Gasteiger partial charge in [0, 0.05) is 19.4 Å². The first-order chi connectivity index (χ1) is 10.6. The second-order valence-corrected chi connectivity index (χ2v) is 5.23. The van der Waals surface area contributed by atoms with E-state index in [1.807, 2.05) is 6.92 Å². The number of amides is 1. The summed E-state index contributed by atoms with van der Waals surface area (Å²) in [6.45, 7) is 4.13. The Bertz CT molecular complexity index is 608. The zero-order chi connectivity index (χ0) is 15.9. The lowest BCUT2D eigenvalue weighted by atomic mass is 10.0. The fraction of sp³-hybridized carbons (Fsp3) is 0.353. The van der Waals surface area contributed by atoms with Crippen LogP contribution in [0.3, 0.4) is 0 Å². The summed E-state index contributed by atoms with van der Waals surface area (Å²) in [7, 11) is 1.74. The predicted molar refractivity (Wildman–Crippen MR) is 87.9 cm³/mol. The first kappa shape index (κ1) is 15.9. The molecule has 5 heteroatoms. The molecule has 0 saturated carbocycles. The van der Waals surface area contributed by atoms with E-state index in [-0.39, 0.29) is 11.9 Å². The van der Waals surface area contributed by atoms with Gasteiger partial charge in [-0.3, -0.25) is 4.79 Å². The van der Waals surface area contributed by atoms with Gasteiger partial charge in [-0.25, -0.2) is 9.97 Å². The molecule has 1 aromatic heterocycles. The number of aromatic nitrogens is 2. The maximum Gasteiger partial charge on any atom is 0.254 e. The van der Waals surface area contributed by atoms with Crippen molar-refractivity contribution in [2.24, 2.45) is 0 Å². The number of nitrogens with one attached hydrogen (secondary N) is 2. The molecular weight excluding hydrogens is 276 g/mol. The summed E-state index contributed by atoms with van der Waals surface area (Å²) in [5.41, 5.74) is 2.86. The van der Waals surface area contributed by atoms with E-state index in [0.29, 0.717) is 11.5 Å². The molecule has 0 fully saturated rings. The molecule has 1 heterocycles. The van der Waals surface area contributed by atoms with Crippen molar-refractivity contribution in [1.82, 2.24) is 15.3 Å². The third-order valence-electron chi connectivity index (χ3n) is 3.50. The highest BCUT2D eigenvalue weighted by Gasteiger charge is 2.12. The van der Waals surface area contributed by atoms with Gasteiger partial charge in [0.15, 0.2) is 0 Å². The molecule has 116 valence electrons. The second-order valence-electron chi connectivity index (χ2n) is 5.23. The lowest BCUT2D eigenvalue weighted by Gasteiger charge is -2.14. The van der Waals surface area contributed by atoms with E-state index in [9.17, 15) is 4.79 Å². The fourth-order valence-corrected chi connectivity index (χ4v) is 2.20. The van der Waals surface area contributed by atoms with Crippen LogP contribution >= 0.6 is 0 Å². The molecule has 0 saturated heterocycles. The normalized spacial score (nSPS) is 11.8. The molecule has 0 aliphatic rings. The Balaban J connectivity index is 2.00. The third-order valence-corrected chi connectivity index (χ3v) is 3.50. The average molecular weight is 298 g/mol. The first-order valence-electron chi connectivity index (χ1n) is 7.53. The Morgan fingerprint density at radius 2 is 1.82 bits per heavy atom. The Kier molecular flexibility index (Phi) is 5.47. The lowest BCUT2D eigenvalue weighted by molar-refractivity contribution is 0.0939. The summed E-state index contributed by atoms with van der Waals surface area (Å²) >= 11 is 0. The topological polar surface area (TPSA) is 66.9 Å². The van der Waals surface area contributed by atoms with Crippen molar-refractivity contribution in [1.29, 1.82) is 0 Å². The average Bonchev–Trinajstić information content (AvgIpc) is 2.55. The minimum absolute atomic E-state index is 0.0628. The van der Waals surface area contributed by atoms with E-state index >= 15 is 0 Å². The van der Waals surface area contributed by atoms with Crippen molar-refractivity contribution in [3.63, 3.8) is 0 Å². The van der Waals surface area contributed by atoms with Gasteiger partial charge in [0.2, 0.25) is 5.95 Å². The van der Waals surface area contributed by atoms with Gasteiger partial charge in [-0.05, 0) is 24.5 Å². The fourth-order valence-electron chi connectivity index (χ4n) is 2.20. The molecule has 0 aliphatic carbocycles. The number of benzene rings is 1. The number of carbonyl (C=O) groups excluding carboxylic acids is 1. The lowest BCUT2D eigenvalue weighted by Crippen LogP contribution is -2.27. The maximum atomic E-state index is 12.2. The number of hydrogen-bond acceptors (Lipinski definition) is 4. The van der Waals surface area contributed by atoms with E-state index in [1.54, 1.807) is 7.05 Å². The van der Waals surface area contributed by atoms with Crippen molar-refractivity contribution in [2.45, 2.75) is 32.7 Å². The van der Waals surface area contributed by atoms with Gasteiger partial charge in [-0.2, -0.15) is 0 Å². The standard InChI is InChI=1S/C17H22N4O/c1-4-5-13-6-8-14(9-7-13)12(2)21-16(22)15-10-19-17(18-3)20-11-15/h6-12H,4-5H2,1-3H3,(H,21,22)(H,18,19,20)/t12-/m1/s1. The zero-order valence-corrected chi connectivity index (χ0v) is 13.3. The largest absolute Gasteiger partial charge is 0.357 e. The van der Waals surface area contributed by atoms with E-state index < -0.39 is 0 Å². The van der Waals surface area contributed by atoms with Crippen molar-refractivity contribution in [2.75, 3.05) is 12.4 Å². The van der Waals surface area contributed by atoms with Crippen LogP contribution in [0.1, 0.15) is 47.8 Å². The minimum atomic E-state index is -0.173. The smallest absolute Gasteiger partial charge is 0.254 e. The van der Waals surface area contributed by atoms with Crippen molar-refractivity contribution in [3.05, 3.63) is 53.3 Å². The SMILES string of the molecule is CCCc1ccc([C@@H](C)NC(=O)c2cnc(NC)nc2)cc1. The molecular formula is C17H22N4O. The van der Waals surface area contributed by atoms with Gasteiger partial charge >= 0.3 is 0 Å². The molecule has 0 spiro atoms. The summed E-state index contributed by atoms with van der Waals surface area (Å²) in [5, 5.41) is 5.78. The summed E-state index contributed by atoms with van der Waals surface area (Å²) in [5.74, 6) is 0.323. The summed E-state index contributed by atoms with van der Waals surface area (Å²) < 4.78 is 0. The molecule has 0 aliphatic heterocycles. The van der Waals surface area contributed by atoms with Crippen LogP contribution in [-0.2, 0) is 6.42 Å². The minimum Gasteiger partial charge on any atom is -0.357 e. The number of rotatable bonds is 6. The number of carbonyl (C=O) groups is 1. The second kappa shape index (κ2) is 7.54. The van der Waals surface area contributed by atoms with Crippen molar-refractivity contribution >= 4 is 11.9 Å². The highest BCUT2D eigenvalue weighted by Crippen LogP contribution is 2.15. The molecule has 2 N–H and O–H groups in total. The summed E-state index contributed by atoms with van der Waals surface area (Å²) in [6, 6.07) is 8.30. The van der Waals surface area contributed by atoms with Crippen LogP contribution in [0.4, 0.5) is 5.95 Å². The quantitative estimate of drug-likeness (QED) is 0.860. The first-order valence-corrected chi connectivity index (χ1v) is 7.53. The third kappa shape index (κ3) is 4.04. The van der Waals surface area contributed by atoms with Gasteiger partial charge < -0.3 is 10.6 Å². The van der Waals surface area contributed by atoms with Crippen LogP contribution in [0.15, 0.2) is 36.7 Å². The van der Waals surface area contributed by atoms with Crippen LogP contribution < -0.4 is 10.6 Å². The van der Waals surface area contributed by atoms with Gasteiger partial charge in [0.05, 0.1) is 11.6 Å². The Labute approximate surface area is 131 Å². The van der Waals surface area contributed by atoms with Gasteiger partial charge in [0.1, 0.15) is 0 Å². The van der Waals surface area contributed by atoms with Crippen LogP contribution in [-0.4, -0.2) is 22.9 Å². The molecule has 2 aromatic rings. The molecule has 2 rings (SSSR count). The zero-order valence-electron chi connectivity index (χ0n) is 13.3. The summed E-state index contributed by atoms with van der Waals surface area (Å²) in [6.07, 6.45) is 5.25. The molecule has 1 atom stereocenters. The van der Waals surface area contributed by atoms with E-state index in [4.69, 9.17) is 0 Å². The number of aryl methyl sites for hydroxylation is 1. The van der Waals surface area contributed by atoms with Gasteiger partial charge in [-0.15, -0.1) is 0 Å². The molecule has 0 bridgehead atoms. The molecule has 5 nitrogen and oxygen atoms in total. The van der Waals surface area contributed by atoms with E-state index in [2.05, 4.69) is 51.8 Å². The van der Waals surface area contributed by atoms with E-state index in [0.717, 1.165) is 18.4 Å². The Morgan fingerprint density at radius 3 is 2.36 bits per heavy atom. The Hall–Kier alpha value is -2.43. The van der Waals surface area contributed by atoms with Crippen LogP contribution in [0, 0.1) is 0 Å². The van der Waals surface area contributed by atoms with Crippen molar-refractivity contribution in [3.8, 4) is 0 Å². The van der Waals surface area contributed by atoms with Crippen LogP contribution in [0.2, 0.25) is 0 Å². The number of anilines is 1. The molecule has 1 aromatic carbocycles. The predicted octanol–water partition coefficient (Wildman–Crippen LogP) is 2.96. The molecule has 0 radical (unpaired) electrons. The number of hydrogen-bond donors (Lipinski definition) is 2. The molecule has 1 amide bonds. The Morgan fingerprint density at radius 1 is 1.18 bits per heavy atom. The van der Waals surface area contributed by atoms with Crippen LogP contribution in [0.5, 0.6) is 0 Å². The van der Waals surface area contributed by atoms with Crippen LogP contribution in [0.25, 0.3) is 0 Å². The van der Waals surface area contributed by atoms with E-state index in [1.165, 1.54) is 18.0 Å². The highest BCUT2D eigenvalue weighted by molar-refractivity contribution is 5.93. The summed E-state index contributed by atoms with van der Waals surface area (Å²) in [4.78, 5) is 20.3. The highest BCUT2D eigenvalue weighted by atomic mass is 16.1. The van der Waals surface area contributed by atoms with Crippen molar-refractivity contribution < 1.29 is 4.79 Å². The van der Waals surface area contributed by atoms with Gasteiger partial charge in [-0.1, -0.05) is 37.6 Å². The maximum absolute atomic E-state index is 12.2.